The predicted octanol–water partition coefficient (Wildman–Crippen LogP) is 3.49. The van der Waals surface area contributed by atoms with Gasteiger partial charge in [-0.05, 0) is 37.8 Å². The standard InChI is InChI=1S/C26H33N7O2S/c1-2-15-36-26-29-23(31-12-7-4-8-13-31)21-17-28-33(24(21)30-26)14-11-27-25(35)19-16-22(34)32(18-19)20-9-5-3-6-10-20/h3,5-6,9-10,17,19H,2,4,7-8,11-16,18H2,1H3,(H,27,35). The molecule has 1 aromatic carbocycles. The SMILES string of the molecule is CCCSc1nc(N2CCCCC2)c2cnn(CCNC(=O)C3CC(=O)N(c4ccccc4)C3)c2n1. The maximum atomic E-state index is 12.8. The van der Waals surface area contributed by atoms with E-state index in [1.807, 2.05) is 41.2 Å². The molecular weight excluding hydrogens is 474 g/mol. The predicted molar refractivity (Wildman–Crippen MR) is 142 cm³/mol. The number of aromatic nitrogens is 4. The average Bonchev–Trinajstić information content (AvgIpc) is 3.51. The first-order chi connectivity index (χ1) is 17.6. The Balaban J connectivity index is 1.25. The summed E-state index contributed by atoms with van der Waals surface area (Å²) in [5.74, 6) is 1.48. The number of amides is 2. The highest BCUT2D eigenvalue weighted by atomic mass is 32.2. The van der Waals surface area contributed by atoms with Crippen LogP contribution in [0.3, 0.4) is 0 Å². The van der Waals surface area contributed by atoms with E-state index in [-0.39, 0.29) is 24.2 Å². The summed E-state index contributed by atoms with van der Waals surface area (Å²) < 4.78 is 1.86. The van der Waals surface area contributed by atoms with Gasteiger partial charge in [0.15, 0.2) is 10.8 Å². The fraction of sp³-hybridized carbons (Fsp3) is 0.500. The number of nitrogens with zero attached hydrogens (tertiary/aromatic N) is 6. The summed E-state index contributed by atoms with van der Waals surface area (Å²) in [5, 5.41) is 9.35. The number of para-hydroxylation sites is 1. The third-order valence-corrected chi connectivity index (χ3v) is 7.79. The second-order valence-electron chi connectivity index (χ2n) is 9.36. The van der Waals surface area contributed by atoms with E-state index >= 15 is 0 Å². The van der Waals surface area contributed by atoms with E-state index in [9.17, 15) is 9.59 Å². The van der Waals surface area contributed by atoms with Crippen molar-refractivity contribution in [2.45, 2.75) is 50.7 Å². The van der Waals surface area contributed by atoms with Gasteiger partial charge in [-0.15, -0.1) is 0 Å². The topological polar surface area (TPSA) is 96.2 Å². The molecule has 1 N–H and O–H groups in total. The number of piperidine rings is 1. The van der Waals surface area contributed by atoms with Crippen LogP contribution in [0.2, 0.25) is 0 Å². The van der Waals surface area contributed by atoms with Gasteiger partial charge in [0, 0.05) is 44.0 Å². The molecule has 0 bridgehead atoms. The molecule has 5 rings (SSSR count). The van der Waals surface area contributed by atoms with Crippen LogP contribution in [-0.2, 0) is 16.1 Å². The number of hydrogen-bond acceptors (Lipinski definition) is 7. The Bertz CT molecular complexity index is 1210. The van der Waals surface area contributed by atoms with E-state index in [0.717, 1.165) is 53.0 Å². The fourth-order valence-corrected chi connectivity index (χ4v) is 5.55. The summed E-state index contributed by atoms with van der Waals surface area (Å²) in [6.07, 6.45) is 6.75. The van der Waals surface area contributed by atoms with Crippen LogP contribution in [0, 0.1) is 5.92 Å². The summed E-state index contributed by atoms with van der Waals surface area (Å²) >= 11 is 1.67. The Morgan fingerprint density at radius 2 is 1.94 bits per heavy atom. The smallest absolute Gasteiger partial charge is 0.227 e. The minimum absolute atomic E-state index is 0.0153. The molecule has 2 aliphatic heterocycles. The summed E-state index contributed by atoms with van der Waals surface area (Å²) in [6, 6.07) is 9.51. The van der Waals surface area contributed by atoms with E-state index in [0.29, 0.717) is 19.6 Å². The highest BCUT2D eigenvalue weighted by Gasteiger charge is 2.34. The van der Waals surface area contributed by atoms with Crippen LogP contribution < -0.4 is 15.1 Å². The molecule has 0 spiro atoms. The fourth-order valence-electron chi connectivity index (χ4n) is 4.86. The number of benzene rings is 1. The molecule has 9 nitrogen and oxygen atoms in total. The van der Waals surface area contributed by atoms with Crippen molar-refractivity contribution >= 4 is 46.1 Å². The van der Waals surface area contributed by atoms with Crippen molar-refractivity contribution in [3.63, 3.8) is 0 Å². The number of rotatable bonds is 9. The Hall–Kier alpha value is -3.14. The van der Waals surface area contributed by atoms with Gasteiger partial charge in [-0.1, -0.05) is 36.9 Å². The first-order valence-electron chi connectivity index (χ1n) is 12.9. The van der Waals surface area contributed by atoms with Gasteiger partial charge < -0.3 is 15.1 Å². The molecule has 190 valence electrons. The third kappa shape index (κ3) is 5.33. The number of carbonyl (C=O) groups excluding carboxylic acids is 2. The van der Waals surface area contributed by atoms with Crippen LogP contribution >= 0.6 is 11.8 Å². The van der Waals surface area contributed by atoms with Crippen molar-refractivity contribution in [1.82, 2.24) is 25.1 Å². The molecule has 36 heavy (non-hydrogen) atoms. The summed E-state index contributed by atoms with van der Waals surface area (Å²) in [5.41, 5.74) is 1.64. The van der Waals surface area contributed by atoms with Crippen LogP contribution in [0.25, 0.3) is 11.0 Å². The normalized spacial score (nSPS) is 18.2. The van der Waals surface area contributed by atoms with Gasteiger partial charge in [0.2, 0.25) is 11.8 Å². The molecule has 0 saturated carbocycles. The lowest BCUT2D eigenvalue weighted by Crippen LogP contribution is -2.35. The van der Waals surface area contributed by atoms with Gasteiger partial charge in [0.05, 0.1) is 24.0 Å². The van der Waals surface area contributed by atoms with E-state index in [4.69, 9.17) is 9.97 Å². The lowest BCUT2D eigenvalue weighted by Gasteiger charge is -2.28. The second kappa shape index (κ2) is 11.3. The van der Waals surface area contributed by atoms with Gasteiger partial charge in [-0.3, -0.25) is 9.59 Å². The quantitative estimate of drug-likeness (QED) is 0.350. The third-order valence-electron chi connectivity index (χ3n) is 6.73. The van der Waals surface area contributed by atoms with E-state index in [1.54, 1.807) is 16.7 Å². The van der Waals surface area contributed by atoms with Crippen molar-refractivity contribution in [3.8, 4) is 0 Å². The number of hydrogen-bond donors (Lipinski definition) is 1. The van der Waals surface area contributed by atoms with Crippen LogP contribution in [-0.4, -0.2) is 63.5 Å². The first kappa shape index (κ1) is 24.5. The van der Waals surface area contributed by atoms with Crippen molar-refractivity contribution in [2.24, 2.45) is 5.92 Å². The van der Waals surface area contributed by atoms with E-state index in [2.05, 4.69) is 22.2 Å². The highest BCUT2D eigenvalue weighted by Crippen LogP contribution is 2.29. The van der Waals surface area contributed by atoms with Gasteiger partial charge >= 0.3 is 0 Å². The molecule has 4 heterocycles. The molecule has 2 saturated heterocycles. The molecule has 1 atom stereocenters. The molecule has 10 heteroatoms. The number of carbonyl (C=O) groups is 2. The van der Waals surface area contributed by atoms with Gasteiger partial charge in [-0.25, -0.2) is 14.6 Å². The zero-order valence-electron chi connectivity index (χ0n) is 20.7. The summed E-state index contributed by atoms with van der Waals surface area (Å²) in [6.45, 7) is 5.50. The van der Waals surface area contributed by atoms with Gasteiger partial charge in [-0.2, -0.15) is 5.10 Å². The van der Waals surface area contributed by atoms with Crippen molar-refractivity contribution < 1.29 is 9.59 Å². The van der Waals surface area contributed by atoms with E-state index in [1.165, 1.54) is 19.3 Å². The molecule has 2 aromatic heterocycles. The molecule has 2 aliphatic rings. The largest absolute Gasteiger partial charge is 0.356 e. The second-order valence-corrected chi connectivity index (χ2v) is 10.4. The number of anilines is 2. The Kier molecular flexibility index (Phi) is 7.69. The molecular formula is C26H33N7O2S. The Morgan fingerprint density at radius 3 is 2.72 bits per heavy atom. The van der Waals surface area contributed by atoms with Crippen LogP contribution in [0.15, 0.2) is 41.7 Å². The molecule has 0 aliphatic carbocycles. The molecule has 2 fully saturated rings. The van der Waals surface area contributed by atoms with Gasteiger partial charge in [0.1, 0.15) is 5.82 Å². The zero-order valence-corrected chi connectivity index (χ0v) is 21.5. The lowest BCUT2D eigenvalue weighted by molar-refractivity contribution is -0.126. The van der Waals surface area contributed by atoms with Crippen molar-refractivity contribution in [1.29, 1.82) is 0 Å². The van der Waals surface area contributed by atoms with Crippen LogP contribution in [0.4, 0.5) is 11.5 Å². The number of nitrogens with one attached hydrogen (secondary N) is 1. The van der Waals surface area contributed by atoms with Crippen molar-refractivity contribution in [2.75, 3.05) is 41.7 Å². The maximum absolute atomic E-state index is 12.8. The van der Waals surface area contributed by atoms with E-state index < -0.39 is 0 Å². The highest BCUT2D eigenvalue weighted by molar-refractivity contribution is 7.99. The molecule has 0 radical (unpaired) electrons. The van der Waals surface area contributed by atoms with Crippen LogP contribution in [0.5, 0.6) is 0 Å². The van der Waals surface area contributed by atoms with Gasteiger partial charge in [0.25, 0.3) is 0 Å². The zero-order chi connectivity index (χ0) is 24.9. The maximum Gasteiger partial charge on any atom is 0.227 e. The average molecular weight is 508 g/mol. The minimum Gasteiger partial charge on any atom is -0.356 e. The lowest BCUT2D eigenvalue weighted by atomic mass is 10.1. The Morgan fingerprint density at radius 1 is 1.14 bits per heavy atom. The minimum atomic E-state index is -0.350. The summed E-state index contributed by atoms with van der Waals surface area (Å²) in [7, 11) is 0. The Labute approximate surface area is 215 Å². The summed E-state index contributed by atoms with van der Waals surface area (Å²) in [4.78, 5) is 39.1. The number of thioether (sulfide) groups is 1. The van der Waals surface area contributed by atoms with Crippen LogP contribution in [0.1, 0.15) is 39.0 Å². The van der Waals surface area contributed by atoms with Crippen molar-refractivity contribution in [3.05, 3.63) is 36.5 Å². The first-order valence-corrected chi connectivity index (χ1v) is 13.9. The molecule has 1 unspecified atom stereocenters. The number of fused-ring (bicyclic) bond motifs is 1. The monoisotopic (exact) mass is 507 g/mol. The molecule has 2 amide bonds. The molecule has 3 aromatic rings.